The van der Waals surface area contributed by atoms with E-state index in [0.29, 0.717) is 22.3 Å². The van der Waals surface area contributed by atoms with Gasteiger partial charge in [-0.1, -0.05) is 30.3 Å². The first-order chi connectivity index (χ1) is 17.5. The largest absolute Gasteiger partial charge is 0.416 e. The van der Waals surface area contributed by atoms with Crippen molar-refractivity contribution in [3.8, 4) is 11.1 Å². The van der Waals surface area contributed by atoms with E-state index in [1.165, 1.54) is 12.3 Å². The molecule has 1 aromatic heterocycles. The highest BCUT2D eigenvalue weighted by Crippen LogP contribution is 2.34. The molecule has 3 atom stereocenters. The number of hydrogen-bond donors (Lipinski definition) is 2. The monoisotopic (exact) mass is 512 g/mol. The second-order valence-electron chi connectivity index (χ2n) is 9.49. The highest BCUT2D eigenvalue weighted by molar-refractivity contribution is 5.95. The zero-order valence-electron chi connectivity index (χ0n) is 21.0. The highest BCUT2D eigenvalue weighted by Gasteiger charge is 2.31. The third-order valence-corrected chi connectivity index (χ3v) is 6.50. The number of halogens is 3. The second-order valence-corrected chi connectivity index (χ2v) is 9.49. The van der Waals surface area contributed by atoms with Crippen LogP contribution in [0.4, 0.5) is 18.9 Å². The Labute approximate surface area is 214 Å². The van der Waals surface area contributed by atoms with Crippen molar-refractivity contribution in [1.29, 1.82) is 0 Å². The van der Waals surface area contributed by atoms with Crippen LogP contribution in [0, 0.1) is 0 Å². The standard InChI is InChI=1S/C28H31F3N4O2/c1-17-15-35(16-18(2)37-17)25-10-23(13-33-14-25)27(36)34-19(3)20-4-6-21(7-5-20)26-11-24(28(29,30)31)9-8-22(26)12-32/h4-11,13-14,17-19H,12,15-16,32H2,1-3H3,(H,34,36)/t17-,18-,19+/m0/s1. The van der Waals surface area contributed by atoms with Gasteiger partial charge in [-0.15, -0.1) is 0 Å². The van der Waals surface area contributed by atoms with E-state index in [0.717, 1.165) is 36.5 Å². The Morgan fingerprint density at radius 3 is 2.41 bits per heavy atom. The zero-order valence-corrected chi connectivity index (χ0v) is 21.0. The third kappa shape index (κ3) is 6.29. The van der Waals surface area contributed by atoms with Crippen LogP contribution in [0.5, 0.6) is 0 Å². The number of nitrogens with two attached hydrogens (primary N) is 1. The molecule has 37 heavy (non-hydrogen) atoms. The Hall–Kier alpha value is -3.43. The average Bonchev–Trinajstić information content (AvgIpc) is 2.87. The number of morpholine rings is 1. The highest BCUT2D eigenvalue weighted by atomic mass is 19.4. The van der Waals surface area contributed by atoms with Crippen molar-refractivity contribution >= 4 is 11.6 Å². The summed E-state index contributed by atoms with van der Waals surface area (Å²) >= 11 is 0. The number of pyridine rings is 1. The van der Waals surface area contributed by atoms with Gasteiger partial charge >= 0.3 is 6.18 Å². The van der Waals surface area contributed by atoms with Gasteiger partial charge in [0.25, 0.3) is 5.91 Å². The summed E-state index contributed by atoms with van der Waals surface area (Å²) in [5.41, 5.74) is 8.86. The number of ether oxygens (including phenoxy) is 1. The molecule has 2 aromatic carbocycles. The van der Waals surface area contributed by atoms with Gasteiger partial charge in [0.1, 0.15) is 0 Å². The summed E-state index contributed by atoms with van der Waals surface area (Å²) in [6, 6.07) is 12.2. The maximum atomic E-state index is 13.2. The Morgan fingerprint density at radius 1 is 1.11 bits per heavy atom. The van der Waals surface area contributed by atoms with Crippen LogP contribution < -0.4 is 16.0 Å². The number of aromatic nitrogens is 1. The summed E-state index contributed by atoms with van der Waals surface area (Å²) in [5.74, 6) is -0.261. The smallest absolute Gasteiger partial charge is 0.372 e. The first-order valence-electron chi connectivity index (χ1n) is 12.2. The molecule has 0 bridgehead atoms. The van der Waals surface area contributed by atoms with E-state index < -0.39 is 11.7 Å². The fourth-order valence-corrected chi connectivity index (χ4v) is 4.63. The van der Waals surface area contributed by atoms with Gasteiger partial charge in [0, 0.05) is 25.8 Å². The van der Waals surface area contributed by atoms with Gasteiger partial charge in [-0.25, -0.2) is 0 Å². The number of benzene rings is 2. The van der Waals surface area contributed by atoms with Crippen molar-refractivity contribution in [1.82, 2.24) is 10.3 Å². The van der Waals surface area contributed by atoms with Crippen molar-refractivity contribution in [2.75, 3.05) is 18.0 Å². The van der Waals surface area contributed by atoms with E-state index in [4.69, 9.17) is 10.5 Å². The molecular weight excluding hydrogens is 481 g/mol. The van der Waals surface area contributed by atoms with E-state index >= 15 is 0 Å². The Kier molecular flexibility index (Phi) is 7.85. The summed E-state index contributed by atoms with van der Waals surface area (Å²) in [5, 5.41) is 2.98. The van der Waals surface area contributed by atoms with E-state index in [1.54, 1.807) is 30.5 Å². The minimum Gasteiger partial charge on any atom is -0.372 e. The van der Waals surface area contributed by atoms with Gasteiger partial charge in [-0.05, 0) is 61.2 Å². The molecule has 1 aliphatic heterocycles. The van der Waals surface area contributed by atoms with Crippen LogP contribution in [-0.2, 0) is 17.5 Å². The quantitative estimate of drug-likeness (QED) is 0.467. The minimum atomic E-state index is -4.44. The maximum Gasteiger partial charge on any atom is 0.416 e. The predicted molar refractivity (Wildman–Crippen MR) is 137 cm³/mol. The molecule has 0 spiro atoms. The fourth-order valence-electron chi connectivity index (χ4n) is 4.63. The van der Waals surface area contributed by atoms with Crippen LogP contribution >= 0.6 is 0 Å². The van der Waals surface area contributed by atoms with Gasteiger partial charge in [-0.3, -0.25) is 9.78 Å². The lowest BCUT2D eigenvalue weighted by Gasteiger charge is -2.36. The molecule has 4 rings (SSSR count). The van der Waals surface area contributed by atoms with Gasteiger partial charge in [-0.2, -0.15) is 13.2 Å². The molecule has 1 amide bonds. The van der Waals surface area contributed by atoms with Gasteiger partial charge in [0.2, 0.25) is 0 Å². The molecule has 0 saturated carbocycles. The molecule has 196 valence electrons. The molecule has 9 heteroatoms. The average molecular weight is 513 g/mol. The van der Waals surface area contributed by atoms with E-state index in [9.17, 15) is 18.0 Å². The normalized spacial score (nSPS) is 18.9. The number of nitrogens with one attached hydrogen (secondary N) is 1. The van der Waals surface area contributed by atoms with Crippen molar-refractivity contribution in [3.63, 3.8) is 0 Å². The summed E-state index contributed by atoms with van der Waals surface area (Å²) in [6.45, 7) is 7.45. The van der Waals surface area contributed by atoms with Crippen LogP contribution in [0.3, 0.4) is 0 Å². The summed E-state index contributed by atoms with van der Waals surface area (Å²) < 4.78 is 45.5. The predicted octanol–water partition coefficient (Wildman–Crippen LogP) is 5.33. The molecule has 0 aliphatic carbocycles. The SMILES string of the molecule is C[C@H]1CN(c2cncc(C(=O)N[C@H](C)c3ccc(-c4cc(C(F)(F)F)ccc4CN)cc3)c2)C[C@H](C)O1. The number of carbonyl (C=O) groups excluding carboxylic acids is 1. The van der Waals surface area contributed by atoms with Crippen molar-refractivity contribution < 1.29 is 22.7 Å². The van der Waals surface area contributed by atoms with Gasteiger partial charge in [0.15, 0.2) is 0 Å². The van der Waals surface area contributed by atoms with Crippen molar-refractivity contribution in [2.45, 2.75) is 51.7 Å². The molecule has 1 fully saturated rings. The number of anilines is 1. The summed E-state index contributed by atoms with van der Waals surface area (Å²) in [6.07, 6.45) is -0.996. The van der Waals surface area contributed by atoms with Crippen LogP contribution in [0.2, 0.25) is 0 Å². The lowest BCUT2D eigenvalue weighted by Crippen LogP contribution is -2.45. The fraction of sp³-hybridized carbons (Fsp3) is 0.357. The molecule has 2 heterocycles. The Bertz CT molecular complexity index is 1240. The number of nitrogens with zero attached hydrogens (tertiary/aromatic N) is 2. The van der Waals surface area contributed by atoms with Gasteiger partial charge < -0.3 is 20.7 Å². The van der Waals surface area contributed by atoms with Crippen molar-refractivity contribution in [3.05, 3.63) is 83.2 Å². The second kappa shape index (κ2) is 10.9. The molecular formula is C28H31F3N4O2. The van der Waals surface area contributed by atoms with Crippen LogP contribution in [0.1, 0.15) is 53.9 Å². The van der Waals surface area contributed by atoms with E-state index in [1.807, 2.05) is 26.8 Å². The number of alkyl halides is 3. The molecule has 0 radical (unpaired) electrons. The first kappa shape index (κ1) is 26.6. The molecule has 0 unspecified atom stereocenters. The number of carbonyl (C=O) groups is 1. The van der Waals surface area contributed by atoms with E-state index in [2.05, 4.69) is 15.2 Å². The van der Waals surface area contributed by atoms with Crippen LogP contribution in [0.15, 0.2) is 60.9 Å². The molecule has 1 aliphatic rings. The van der Waals surface area contributed by atoms with E-state index in [-0.39, 0.29) is 30.7 Å². The molecule has 1 saturated heterocycles. The molecule has 3 N–H and O–H groups in total. The lowest BCUT2D eigenvalue weighted by atomic mass is 9.95. The summed E-state index contributed by atoms with van der Waals surface area (Å²) in [4.78, 5) is 19.4. The number of amides is 1. The zero-order chi connectivity index (χ0) is 26.7. The lowest BCUT2D eigenvalue weighted by molar-refractivity contribution is -0.137. The topological polar surface area (TPSA) is 80.5 Å². The Morgan fingerprint density at radius 2 is 1.78 bits per heavy atom. The third-order valence-electron chi connectivity index (χ3n) is 6.50. The number of hydrogen-bond acceptors (Lipinski definition) is 5. The molecule has 6 nitrogen and oxygen atoms in total. The minimum absolute atomic E-state index is 0.0843. The number of rotatable bonds is 6. The molecule has 3 aromatic rings. The van der Waals surface area contributed by atoms with Crippen LogP contribution in [-0.4, -0.2) is 36.2 Å². The Balaban J connectivity index is 1.48. The van der Waals surface area contributed by atoms with Crippen LogP contribution in [0.25, 0.3) is 11.1 Å². The first-order valence-corrected chi connectivity index (χ1v) is 12.2. The maximum absolute atomic E-state index is 13.2. The van der Waals surface area contributed by atoms with Gasteiger partial charge in [0.05, 0.1) is 41.3 Å². The van der Waals surface area contributed by atoms with Crippen molar-refractivity contribution in [2.24, 2.45) is 5.73 Å². The summed E-state index contributed by atoms with van der Waals surface area (Å²) in [7, 11) is 0.